The summed E-state index contributed by atoms with van der Waals surface area (Å²) < 4.78 is 2.25. The van der Waals surface area contributed by atoms with Gasteiger partial charge in [-0.15, -0.1) is 0 Å². The minimum absolute atomic E-state index is 0.0574. The molecule has 1 aromatic heterocycles. The third kappa shape index (κ3) is 3.42. The lowest BCUT2D eigenvalue weighted by Crippen LogP contribution is -2.44. The van der Waals surface area contributed by atoms with E-state index in [1.807, 2.05) is 29.2 Å². The second kappa shape index (κ2) is 7.55. The van der Waals surface area contributed by atoms with Crippen LogP contribution in [0.15, 0.2) is 66.9 Å². The Morgan fingerprint density at radius 1 is 1.00 bits per heavy atom. The van der Waals surface area contributed by atoms with Gasteiger partial charge >= 0.3 is 6.03 Å². The minimum Gasteiger partial charge on any atom is -0.348 e. The summed E-state index contributed by atoms with van der Waals surface area (Å²) in [5, 5.41) is 3.10. The number of fused-ring (bicyclic) bond motifs is 1. The SMILES string of the molecule is Cc1ccccc1C1c2cccn2CCN1C(=O)Nc1ccc(C(C)C)cc1. The average Bonchev–Trinajstić information content (AvgIpc) is 3.17. The second-order valence-electron chi connectivity index (χ2n) is 7.79. The molecule has 2 aromatic carbocycles. The third-order valence-corrected chi connectivity index (χ3v) is 5.61. The first kappa shape index (κ1) is 18.4. The molecule has 2 heterocycles. The maximum Gasteiger partial charge on any atom is 0.322 e. The topological polar surface area (TPSA) is 37.3 Å². The molecule has 1 atom stereocenters. The number of hydrogen-bond donors (Lipinski definition) is 1. The molecule has 0 saturated carbocycles. The maximum atomic E-state index is 13.2. The van der Waals surface area contributed by atoms with Gasteiger partial charge in [0.25, 0.3) is 0 Å². The number of nitrogens with zero attached hydrogens (tertiary/aromatic N) is 2. The Labute approximate surface area is 166 Å². The Morgan fingerprint density at radius 3 is 2.46 bits per heavy atom. The van der Waals surface area contributed by atoms with Gasteiger partial charge in [-0.3, -0.25) is 0 Å². The highest BCUT2D eigenvalue weighted by Crippen LogP contribution is 2.34. The van der Waals surface area contributed by atoms with Crippen LogP contribution < -0.4 is 5.32 Å². The van der Waals surface area contributed by atoms with Gasteiger partial charge in [-0.25, -0.2) is 4.79 Å². The van der Waals surface area contributed by atoms with Crippen molar-refractivity contribution in [2.75, 3.05) is 11.9 Å². The maximum absolute atomic E-state index is 13.2. The molecule has 0 aliphatic carbocycles. The standard InChI is InChI=1S/C24H27N3O/c1-17(2)19-10-12-20(13-11-19)25-24(28)27-16-15-26-14-6-9-22(26)23(27)21-8-5-4-7-18(21)3/h4-14,17,23H,15-16H2,1-3H3,(H,25,28). The van der Waals surface area contributed by atoms with Crippen molar-refractivity contribution in [1.29, 1.82) is 0 Å². The third-order valence-electron chi connectivity index (χ3n) is 5.61. The van der Waals surface area contributed by atoms with E-state index in [2.05, 4.69) is 73.3 Å². The van der Waals surface area contributed by atoms with Crippen LogP contribution in [0.1, 0.15) is 48.2 Å². The van der Waals surface area contributed by atoms with Crippen molar-refractivity contribution >= 4 is 11.7 Å². The van der Waals surface area contributed by atoms with Crippen LogP contribution in [0.5, 0.6) is 0 Å². The normalized spacial score (nSPS) is 16.1. The number of benzene rings is 2. The van der Waals surface area contributed by atoms with E-state index >= 15 is 0 Å². The van der Waals surface area contributed by atoms with E-state index in [1.165, 1.54) is 16.7 Å². The Hall–Kier alpha value is -3.01. The van der Waals surface area contributed by atoms with Gasteiger partial charge in [0.1, 0.15) is 0 Å². The van der Waals surface area contributed by atoms with E-state index in [0.29, 0.717) is 12.5 Å². The largest absolute Gasteiger partial charge is 0.348 e. The van der Waals surface area contributed by atoms with Crippen LogP contribution in [0.25, 0.3) is 0 Å². The summed E-state index contributed by atoms with van der Waals surface area (Å²) in [6, 6.07) is 20.5. The molecule has 4 rings (SSSR count). The first-order valence-corrected chi connectivity index (χ1v) is 9.92. The van der Waals surface area contributed by atoms with Crippen LogP contribution >= 0.6 is 0 Å². The number of anilines is 1. The van der Waals surface area contributed by atoms with Gasteiger partial charge in [-0.05, 0) is 53.8 Å². The van der Waals surface area contributed by atoms with Crippen molar-refractivity contribution in [1.82, 2.24) is 9.47 Å². The number of aryl methyl sites for hydroxylation is 1. The number of carbonyl (C=O) groups is 1. The summed E-state index contributed by atoms with van der Waals surface area (Å²) in [5.41, 5.74) is 5.63. The Bertz CT molecular complexity index is 972. The van der Waals surface area contributed by atoms with Crippen molar-refractivity contribution in [3.8, 4) is 0 Å². The van der Waals surface area contributed by atoms with Crippen LogP contribution in [0.3, 0.4) is 0 Å². The Balaban J connectivity index is 1.63. The lowest BCUT2D eigenvalue weighted by molar-refractivity contribution is 0.181. The smallest absolute Gasteiger partial charge is 0.322 e. The fourth-order valence-electron chi connectivity index (χ4n) is 3.97. The fraction of sp³-hybridized carbons (Fsp3) is 0.292. The van der Waals surface area contributed by atoms with Gasteiger partial charge in [-0.1, -0.05) is 50.2 Å². The van der Waals surface area contributed by atoms with Crippen molar-refractivity contribution < 1.29 is 4.79 Å². The zero-order valence-corrected chi connectivity index (χ0v) is 16.7. The van der Waals surface area contributed by atoms with Gasteiger partial charge in [-0.2, -0.15) is 0 Å². The molecule has 144 valence electrons. The van der Waals surface area contributed by atoms with Gasteiger partial charge in [0.05, 0.1) is 6.04 Å². The van der Waals surface area contributed by atoms with Gasteiger partial charge in [0.15, 0.2) is 0 Å². The zero-order chi connectivity index (χ0) is 19.7. The molecule has 1 N–H and O–H groups in total. The fourth-order valence-corrected chi connectivity index (χ4v) is 3.97. The van der Waals surface area contributed by atoms with Gasteiger partial charge < -0.3 is 14.8 Å². The Kier molecular flexibility index (Phi) is 4.95. The number of rotatable bonds is 3. The van der Waals surface area contributed by atoms with Crippen molar-refractivity contribution in [2.45, 2.75) is 39.3 Å². The number of urea groups is 1. The molecule has 28 heavy (non-hydrogen) atoms. The highest BCUT2D eigenvalue weighted by molar-refractivity contribution is 5.90. The lowest BCUT2D eigenvalue weighted by Gasteiger charge is -2.38. The van der Waals surface area contributed by atoms with Crippen LogP contribution in [0.2, 0.25) is 0 Å². The predicted molar refractivity (Wildman–Crippen MR) is 114 cm³/mol. The summed E-state index contributed by atoms with van der Waals surface area (Å²) in [5.74, 6) is 0.477. The molecule has 4 nitrogen and oxygen atoms in total. The second-order valence-corrected chi connectivity index (χ2v) is 7.79. The molecule has 0 bridgehead atoms. The van der Waals surface area contributed by atoms with E-state index in [-0.39, 0.29) is 12.1 Å². The molecule has 2 amide bonds. The molecule has 1 aliphatic rings. The highest BCUT2D eigenvalue weighted by atomic mass is 16.2. The molecular formula is C24H27N3O. The number of carbonyl (C=O) groups excluding carboxylic acids is 1. The van der Waals surface area contributed by atoms with Gasteiger partial charge in [0, 0.05) is 30.7 Å². The molecule has 0 saturated heterocycles. The molecule has 1 unspecified atom stereocenters. The zero-order valence-electron chi connectivity index (χ0n) is 16.7. The van der Waals surface area contributed by atoms with E-state index < -0.39 is 0 Å². The molecule has 0 radical (unpaired) electrons. The molecule has 4 heteroatoms. The van der Waals surface area contributed by atoms with Crippen molar-refractivity contribution in [3.63, 3.8) is 0 Å². The average molecular weight is 374 g/mol. The Morgan fingerprint density at radius 2 is 1.75 bits per heavy atom. The molecule has 3 aromatic rings. The van der Waals surface area contributed by atoms with Crippen molar-refractivity contribution in [3.05, 3.63) is 89.2 Å². The predicted octanol–water partition coefficient (Wildman–Crippen LogP) is 5.56. The first-order chi connectivity index (χ1) is 13.5. The van der Waals surface area contributed by atoms with E-state index in [9.17, 15) is 4.79 Å². The number of amides is 2. The molecule has 0 spiro atoms. The molecule has 0 fully saturated rings. The number of aromatic nitrogens is 1. The number of hydrogen-bond acceptors (Lipinski definition) is 1. The van der Waals surface area contributed by atoms with Crippen LogP contribution in [0, 0.1) is 6.92 Å². The van der Waals surface area contributed by atoms with Gasteiger partial charge in [0.2, 0.25) is 0 Å². The lowest BCUT2D eigenvalue weighted by atomic mass is 9.96. The monoisotopic (exact) mass is 373 g/mol. The summed E-state index contributed by atoms with van der Waals surface area (Å²) in [6.07, 6.45) is 2.10. The van der Waals surface area contributed by atoms with E-state index in [1.54, 1.807) is 0 Å². The van der Waals surface area contributed by atoms with Crippen LogP contribution in [-0.4, -0.2) is 22.0 Å². The summed E-state index contributed by atoms with van der Waals surface area (Å²) >= 11 is 0. The molecular weight excluding hydrogens is 346 g/mol. The van der Waals surface area contributed by atoms with Crippen molar-refractivity contribution in [2.24, 2.45) is 0 Å². The van der Waals surface area contributed by atoms with Crippen LogP contribution in [-0.2, 0) is 6.54 Å². The number of nitrogens with one attached hydrogen (secondary N) is 1. The van der Waals surface area contributed by atoms with E-state index in [0.717, 1.165) is 17.9 Å². The van der Waals surface area contributed by atoms with Crippen LogP contribution in [0.4, 0.5) is 10.5 Å². The quantitative estimate of drug-likeness (QED) is 0.641. The summed E-state index contributed by atoms with van der Waals surface area (Å²) in [4.78, 5) is 15.2. The van der Waals surface area contributed by atoms with E-state index in [4.69, 9.17) is 0 Å². The summed E-state index contributed by atoms with van der Waals surface area (Å²) in [6.45, 7) is 7.94. The summed E-state index contributed by atoms with van der Waals surface area (Å²) in [7, 11) is 0. The first-order valence-electron chi connectivity index (χ1n) is 9.92. The minimum atomic E-state index is -0.0834. The highest BCUT2D eigenvalue weighted by Gasteiger charge is 2.32. The molecule has 1 aliphatic heterocycles.